The van der Waals surface area contributed by atoms with Crippen molar-refractivity contribution in [1.29, 1.82) is 0 Å². The highest BCUT2D eigenvalue weighted by Crippen LogP contribution is 2.23. The lowest BCUT2D eigenvalue weighted by molar-refractivity contribution is -0.131. The molecule has 2 rings (SSSR count). The Kier molecular flexibility index (Phi) is 4.37. The highest BCUT2D eigenvalue weighted by Gasteiger charge is 2.22. The number of aliphatic carboxylic acids is 1. The quantitative estimate of drug-likeness (QED) is 0.865. The summed E-state index contributed by atoms with van der Waals surface area (Å²) in [7, 11) is 0. The monoisotopic (exact) mass is 279 g/mol. The molecule has 1 amide bonds. The van der Waals surface area contributed by atoms with E-state index in [4.69, 9.17) is 5.11 Å². The van der Waals surface area contributed by atoms with E-state index in [9.17, 15) is 9.59 Å². The van der Waals surface area contributed by atoms with E-state index in [-0.39, 0.29) is 5.91 Å². The van der Waals surface area contributed by atoms with Crippen LogP contribution in [0.4, 0.5) is 0 Å². The smallest absolute Gasteiger partial charge is 0.328 e. The largest absolute Gasteiger partial charge is 0.478 e. The number of hydrogen-bond donors (Lipinski definition) is 1. The van der Waals surface area contributed by atoms with Crippen LogP contribution >= 0.6 is 11.3 Å². The predicted octanol–water partition coefficient (Wildman–Crippen LogP) is 2.72. The van der Waals surface area contributed by atoms with Crippen LogP contribution in [0.2, 0.25) is 0 Å². The first-order valence-electron chi connectivity index (χ1n) is 6.36. The summed E-state index contributed by atoms with van der Waals surface area (Å²) in [5, 5.41) is 8.56. The number of carboxylic acids is 1. The number of likely N-dealkylation sites (tertiary alicyclic amines) is 1. The van der Waals surface area contributed by atoms with Gasteiger partial charge in [-0.25, -0.2) is 4.79 Å². The molecule has 0 aliphatic carbocycles. The molecular weight excluding hydrogens is 262 g/mol. The zero-order valence-electron chi connectivity index (χ0n) is 10.8. The van der Waals surface area contributed by atoms with Gasteiger partial charge in [0.15, 0.2) is 0 Å². The molecular formula is C14H17NO3S. The van der Waals surface area contributed by atoms with Gasteiger partial charge in [-0.05, 0) is 37.0 Å². The predicted molar refractivity (Wildman–Crippen MR) is 75.3 cm³/mol. The van der Waals surface area contributed by atoms with Gasteiger partial charge in [-0.2, -0.15) is 0 Å². The molecule has 19 heavy (non-hydrogen) atoms. The number of rotatable bonds is 3. The minimum absolute atomic E-state index is 0.0619. The maximum Gasteiger partial charge on any atom is 0.328 e. The number of thiophene rings is 1. The molecule has 2 heterocycles. The van der Waals surface area contributed by atoms with Crippen LogP contribution in [0.5, 0.6) is 0 Å². The van der Waals surface area contributed by atoms with Crippen LogP contribution < -0.4 is 0 Å². The molecule has 0 unspecified atom stereocenters. The molecule has 1 saturated heterocycles. The van der Waals surface area contributed by atoms with Crippen molar-refractivity contribution in [1.82, 2.24) is 4.90 Å². The van der Waals surface area contributed by atoms with Crippen LogP contribution in [0.15, 0.2) is 18.2 Å². The molecule has 0 spiro atoms. The number of carbonyl (C=O) groups is 2. The first kappa shape index (κ1) is 13.8. The van der Waals surface area contributed by atoms with Crippen LogP contribution in [0.3, 0.4) is 0 Å². The number of hydrogen-bond acceptors (Lipinski definition) is 3. The van der Waals surface area contributed by atoms with Crippen LogP contribution in [-0.2, 0) is 4.79 Å². The van der Waals surface area contributed by atoms with Gasteiger partial charge in [-0.1, -0.05) is 6.92 Å². The topological polar surface area (TPSA) is 57.6 Å². The van der Waals surface area contributed by atoms with Crippen molar-refractivity contribution in [3.63, 3.8) is 0 Å². The summed E-state index contributed by atoms with van der Waals surface area (Å²) in [6.45, 7) is 3.85. The Balaban J connectivity index is 2.02. The summed E-state index contributed by atoms with van der Waals surface area (Å²) in [5.41, 5.74) is 0. The van der Waals surface area contributed by atoms with Crippen molar-refractivity contribution in [2.45, 2.75) is 19.8 Å². The molecule has 1 N–H and O–H groups in total. The molecule has 5 heteroatoms. The SMILES string of the molecule is CC1CCN(C(=O)c2ccc(/C=C/C(=O)O)s2)CC1. The second-order valence-electron chi connectivity index (χ2n) is 4.85. The molecule has 1 aromatic heterocycles. The number of carbonyl (C=O) groups excluding carboxylic acids is 1. The standard InChI is InChI=1S/C14H17NO3S/c1-10-6-8-15(9-7-10)14(18)12-4-2-11(19-12)3-5-13(16)17/h2-5,10H,6-9H2,1H3,(H,16,17)/b5-3+. The molecule has 1 aromatic rings. The van der Waals surface area contributed by atoms with Gasteiger partial charge in [-0.3, -0.25) is 4.79 Å². The van der Waals surface area contributed by atoms with Gasteiger partial charge < -0.3 is 10.0 Å². The fourth-order valence-corrected chi connectivity index (χ4v) is 2.96. The maximum atomic E-state index is 12.3. The summed E-state index contributed by atoms with van der Waals surface area (Å²) in [4.78, 5) is 26.0. The zero-order chi connectivity index (χ0) is 13.8. The molecule has 0 radical (unpaired) electrons. The molecule has 0 saturated carbocycles. The van der Waals surface area contributed by atoms with E-state index in [0.29, 0.717) is 10.8 Å². The Morgan fingerprint density at radius 2 is 2.05 bits per heavy atom. The zero-order valence-corrected chi connectivity index (χ0v) is 11.7. The van der Waals surface area contributed by atoms with Gasteiger partial charge in [0, 0.05) is 24.0 Å². The van der Waals surface area contributed by atoms with E-state index >= 15 is 0 Å². The number of piperidine rings is 1. The lowest BCUT2D eigenvalue weighted by Gasteiger charge is -2.29. The van der Waals surface area contributed by atoms with Crippen molar-refractivity contribution >= 4 is 29.3 Å². The average Bonchev–Trinajstić information content (AvgIpc) is 2.85. The Bertz CT molecular complexity index is 499. The highest BCUT2D eigenvalue weighted by molar-refractivity contribution is 7.14. The molecule has 0 aromatic carbocycles. The summed E-state index contributed by atoms with van der Waals surface area (Å²) in [5.74, 6) is -0.223. The van der Waals surface area contributed by atoms with Gasteiger partial charge in [0.2, 0.25) is 0 Å². The molecule has 102 valence electrons. The van der Waals surface area contributed by atoms with Gasteiger partial charge in [0.25, 0.3) is 5.91 Å². The Morgan fingerprint density at radius 1 is 1.37 bits per heavy atom. The third kappa shape index (κ3) is 3.67. The fourth-order valence-electron chi connectivity index (χ4n) is 2.08. The Labute approximate surface area is 116 Å². The normalized spacial score (nSPS) is 17.0. The Morgan fingerprint density at radius 3 is 2.68 bits per heavy atom. The van der Waals surface area contributed by atoms with E-state index in [1.54, 1.807) is 12.1 Å². The molecule has 1 aliphatic heterocycles. The lowest BCUT2D eigenvalue weighted by atomic mass is 9.99. The van der Waals surface area contributed by atoms with E-state index in [2.05, 4.69) is 6.92 Å². The van der Waals surface area contributed by atoms with E-state index in [1.807, 2.05) is 4.90 Å². The number of carboxylic acid groups (broad SMARTS) is 1. The lowest BCUT2D eigenvalue weighted by Crippen LogP contribution is -2.37. The molecule has 0 bridgehead atoms. The van der Waals surface area contributed by atoms with Crippen LogP contribution in [0.1, 0.15) is 34.3 Å². The summed E-state index contributed by atoms with van der Waals surface area (Å²) < 4.78 is 0. The van der Waals surface area contributed by atoms with Crippen molar-refractivity contribution < 1.29 is 14.7 Å². The first-order valence-corrected chi connectivity index (χ1v) is 7.18. The van der Waals surface area contributed by atoms with E-state index < -0.39 is 5.97 Å². The van der Waals surface area contributed by atoms with Gasteiger partial charge in [0.1, 0.15) is 0 Å². The third-order valence-corrected chi connectivity index (χ3v) is 4.34. The Hall–Kier alpha value is -1.62. The van der Waals surface area contributed by atoms with Crippen LogP contribution in [0, 0.1) is 5.92 Å². The van der Waals surface area contributed by atoms with Crippen molar-refractivity contribution in [2.75, 3.05) is 13.1 Å². The third-order valence-electron chi connectivity index (χ3n) is 3.30. The van der Waals surface area contributed by atoms with Crippen molar-refractivity contribution in [3.05, 3.63) is 28.0 Å². The minimum Gasteiger partial charge on any atom is -0.478 e. The maximum absolute atomic E-state index is 12.3. The van der Waals surface area contributed by atoms with Gasteiger partial charge in [-0.15, -0.1) is 11.3 Å². The van der Waals surface area contributed by atoms with Crippen LogP contribution in [-0.4, -0.2) is 35.0 Å². The second-order valence-corrected chi connectivity index (χ2v) is 5.96. The van der Waals surface area contributed by atoms with E-state index in [0.717, 1.165) is 36.9 Å². The highest BCUT2D eigenvalue weighted by atomic mass is 32.1. The van der Waals surface area contributed by atoms with Gasteiger partial charge >= 0.3 is 5.97 Å². The van der Waals surface area contributed by atoms with Crippen molar-refractivity contribution in [2.24, 2.45) is 5.92 Å². The summed E-state index contributed by atoms with van der Waals surface area (Å²) in [6, 6.07) is 3.55. The molecule has 1 fully saturated rings. The van der Waals surface area contributed by atoms with E-state index in [1.165, 1.54) is 17.4 Å². The van der Waals surface area contributed by atoms with Gasteiger partial charge in [0.05, 0.1) is 4.88 Å². The number of amides is 1. The van der Waals surface area contributed by atoms with Crippen molar-refractivity contribution in [3.8, 4) is 0 Å². The molecule has 1 aliphatic rings. The minimum atomic E-state index is -0.980. The summed E-state index contributed by atoms with van der Waals surface area (Å²) in [6.07, 6.45) is 4.72. The van der Waals surface area contributed by atoms with Crippen LogP contribution in [0.25, 0.3) is 6.08 Å². The number of nitrogens with zero attached hydrogens (tertiary/aromatic N) is 1. The fraction of sp³-hybridized carbons (Fsp3) is 0.429. The summed E-state index contributed by atoms with van der Waals surface area (Å²) >= 11 is 1.34. The first-order chi connectivity index (χ1) is 9.06. The average molecular weight is 279 g/mol. The second kappa shape index (κ2) is 6.02. The molecule has 0 atom stereocenters. The molecule has 4 nitrogen and oxygen atoms in total.